The maximum absolute atomic E-state index is 11.5. The zero-order valence-electron chi connectivity index (χ0n) is 12.2. The summed E-state index contributed by atoms with van der Waals surface area (Å²) in [6.45, 7) is 5.87. The molecule has 0 amide bonds. The summed E-state index contributed by atoms with van der Waals surface area (Å²) in [4.78, 5) is 16.4. The van der Waals surface area contributed by atoms with Crippen molar-refractivity contribution in [3.63, 3.8) is 0 Å². The highest BCUT2D eigenvalue weighted by Gasteiger charge is 2.39. The Balaban J connectivity index is 1.59. The SMILES string of the molecule is O=C(O)C1CCCCC1N1CCC(N2CCOCC2)C1. The van der Waals surface area contributed by atoms with Crippen molar-refractivity contribution >= 4 is 5.97 Å². The lowest BCUT2D eigenvalue weighted by Gasteiger charge is -2.37. The van der Waals surface area contributed by atoms with E-state index in [1.807, 2.05) is 0 Å². The Morgan fingerprint density at radius 2 is 1.75 bits per heavy atom. The van der Waals surface area contributed by atoms with Crippen LogP contribution in [-0.2, 0) is 9.53 Å². The summed E-state index contributed by atoms with van der Waals surface area (Å²) in [6, 6.07) is 0.877. The summed E-state index contributed by atoms with van der Waals surface area (Å²) in [5, 5.41) is 9.43. The van der Waals surface area contributed by atoms with Crippen LogP contribution in [0.15, 0.2) is 0 Å². The molecule has 2 heterocycles. The minimum Gasteiger partial charge on any atom is -0.481 e. The minimum absolute atomic E-state index is 0.146. The first kappa shape index (κ1) is 14.3. The highest BCUT2D eigenvalue weighted by molar-refractivity contribution is 5.71. The zero-order chi connectivity index (χ0) is 13.9. The van der Waals surface area contributed by atoms with E-state index >= 15 is 0 Å². The van der Waals surface area contributed by atoms with Crippen molar-refractivity contribution in [2.24, 2.45) is 5.92 Å². The molecule has 20 heavy (non-hydrogen) atoms. The molecular formula is C15H26N2O3. The molecule has 114 valence electrons. The summed E-state index contributed by atoms with van der Waals surface area (Å²) >= 11 is 0. The maximum atomic E-state index is 11.5. The third-order valence-corrected chi connectivity index (χ3v) is 5.27. The molecule has 2 aliphatic heterocycles. The van der Waals surface area contributed by atoms with Gasteiger partial charge in [-0.2, -0.15) is 0 Å². The second kappa shape index (κ2) is 6.41. The van der Waals surface area contributed by atoms with Crippen LogP contribution < -0.4 is 0 Å². The van der Waals surface area contributed by atoms with Crippen LogP contribution in [0.2, 0.25) is 0 Å². The highest BCUT2D eigenvalue weighted by atomic mass is 16.5. The first-order valence-electron chi connectivity index (χ1n) is 8.04. The summed E-state index contributed by atoms with van der Waals surface area (Å²) < 4.78 is 5.42. The van der Waals surface area contributed by atoms with E-state index < -0.39 is 5.97 Å². The van der Waals surface area contributed by atoms with Gasteiger partial charge in [0.2, 0.25) is 0 Å². The van der Waals surface area contributed by atoms with Crippen LogP contribution >= 0.6 is 0 Å². The van der Waals surface area contributed by atoms with Gasteiger partial charge in [-0.1, -0.05) is 12.8 Å². The Morgan fingerprint density at radius 1 is 1.00 bits per heavy atom. The van der Waals surface area contributed by atoms with E-state index in [2.05, 4.69) is 9.80 Å². The third-order valence-electron chi connectivity index (χ3n) is 5.27. The van der Waals surface area contributed by atoms with E-state index in [0.29, 0.717) is 6.04 Å². The number of hydrogen-bond acceptors (Lipinski definition) is 4. The molecule has 3 fully saturated rings. The third kappa shape index (κ3) is 3.00. The number of aliphatic carboxylic acids is 1. The molecule has 0 spiro atoms. The molecule has 5 heteroatoms. The van der Waals surface area contributed by atoms with Crippen molar-refractivity contribution in [3.05, 3.63) is 0 Å². The maximum Gasteiger partial charge on any atom is 0.308 e. The summed E-state index contributed by atoms with van der Waals surface area (Å²) in [5.41, 5.74) is 0. The fourth-order valence-corrected chi connectivity index (χ4v) is 4.15. The molecule has 0 aromatic heterocycles. The molecule has 3 unspecified atom stereocenters. The number of carboxylic acid groups (broad SMARTS) is 1. The van der Waals surface area contributed by atoms with Crippen LogP contribution in [-0.4, -0.2) is 72.4 Å². The van der Waals surface area contributed by atoms with Gasteiger partial charge in [-0.15, -0.1) is 0 Å². The van der Waals surface area contributed by atoms with Gasteiger partial charge in [0, 0.05) is 38.3 Å². The Labute approximate surface area is 120 Å². The molecule has 0 aromatic carbocycles. The molecule has 1 aliphatic carbocycles. The number of rotatable bonds is 3. The van der Waals surface area contributed by atoms with Crippen molar-refractivity contribution in [3.8, 4) is 0 Å². The van der Waals surface area contributed by atoms with E-state index in [4.69, 9.17) is 4.74 Å². The molecule has 3 aliphatic rings. The van der Waals surface area contributed by atoms with Gasteiger partial charge in [0.1, 0.15) is 0 Å². The van der Waals surface area contributed by atoms with Gasteiger partial charge in [-0.3, -0.25) is 14.6 Å². The largest absolute Gasteiger partial charge is 0.481 e. The van der Waals surface area contributed by atoms with Crippen molar-refractivity contribution in [2.75, 3.05) is 39.4 Å². The molecule has 3 atom stereocenters. The van der Waals surface area contributed by atoms with Crippen LogP contribution in [0.1, 0.15) is 32.1 Å². The van der Waals surface area contributed by atoms with Crippen molar-refractivity contribution in [1.29, 1.82) is 0 Å². The van der Waals surface area contributed by atoms with E-state index in [1.165, 1.54) is 12.8 Å². The van der Waals surface area contributed by atoms with Gasteiger partial charge in [0.05, 0.1) is 19.1 Å². The molecule has 5 nitrogen and oxygen atoms in total. The quantitative estimate of drug-likeness (QED) is 0.838. The summed E-state index contributed by atoms with van der Waals surface area (Å²) in [7, 11) is 0. The second-order valence-electron chi connectivity index (χ2n) is 6.38. The van der Waals surface area contributed by atoms with Gasteiger partial charge in [0.25, 0.3) is 0 Å². The molecular weight excluding hydrogens is 256 g/mol. The van der Waals surface area contributed by atoms with E-state index in [-0.39, 0.29) is 12.0 Å². The Morgan fingerprint density at radius 3 is 2.50 bits per heavy atom. The molecule has 0 radical (unpaired) electrons. The average molecular weight is 282 g/mol. The van der Waals surface area contributed by atoms with Gasteiger partial charge in [-0.05, 0) is 19.3 Å². The van der Waals surface area contributed by atoms with Gasteiger partial charge in [-0.25, -0.2) is 0 Å². The fourth-order valence-electron chi connectivity index (χ4n) is 4.15. The van der Waals surface area contributed by atoms with E-state index in [0.717, 1.165) is 58.7 Å². The Hall–Kier alpha value is -0.650. The van der Waals surface area contributed by atoms with E-state index in [9.17, 15) is 9.90 Å². The number of ether oxygens (including phenoxy) is 1. The standard InChI is InChI=1S/C15H26N2O3/c18-15(19)13-3-1-2-4-14(13)17-6-5-12(11-17)16-7-9-20-10-8-16/h12-14H,1-11H2,(H,18,19). The monoisotopic (exact) mass is 282 g/mol. The van der Waals surface area contributed by atoms with Crippen LogP contribution in [0, 0.1) is 5.92 Å². The molecule has 0 bridgehead atoms. The van der Waals surface area contributed by atoms with Gasteiger partial charge in [0.15, 0.2) is 0 Å². The smallest absolute Gasteiger partial charge is 0.308 e. The van der Waals surface area contributed by atoms with Crippen molar-refractivity contribution < 1.29 is 14.6 Å². The van der Waals surface area contributed by atoms with Crippen LogP contribution in [0.4, 0.5) is 0 Å². The average Bonchev–Trinajstić information content (AvgIpc) is 2.98. The fraction of sp³-hybridized carbons (Fsp3) is 0.933. The van der Waals surface area contributed by atoms with E-state index in [1.54, 1.807) is 0 Å². The summed E-state index contributed by atoms with van der Waals surface area (Å²) in [5.74, 6) is -0.739. The highest BCUT2D eigenvalue weighted by Crippen LogP contribution is 2.31. The second-order valence-corrected chi connectivity index (χ2v) is 6.38. The Kier molecular flexibility index (Phi) is 4.58. The molecule has 1 N–H and O–H groups in total. The summed E-state index contributed by atoms with van der Waals surface area (Å²) in [6.07, 6.45) is 5.37. The van der Waals surface area contributed by atoms with Crippen molar-refractivity contribution in [2.45, 2.75) is 44.2 Å². The number of likely N-dealkylation sites (tertiary alicyclic amines) is 1. The number of hydrogen-bond donors (Lipinski definition) is 1. The minimum atomic E-state index is -0.593. The molecule has 1 saturated carbocycles. The lowest BCUT2D eigenvalue weighted by molar-refractivity contribution is -0.145. The topological polar surface area (TPSA) is 53.0 Å². The molecule has 2 saturated heterocycles. The van der Waals surface area contributed by atoms with Gasteiger partial charge < -0.3 is 9.84 Å². The first-order chi connectivity index (χ1) is 9.75. The predicted molar refractivity (Wildman–Crippen MR) is 75.8 cm³/mol. The van der Waals surface area contributed by atoms with Crippen LogP contribution in [0.3, 0.4) is 0 Å². The predicted octanol–water partition coefficient (Wildman–Crippen LogP) is 1.04. The van der Waals surface area contributed by atoms with Gasteiger partial charge >= 0.3 is 5.97 Å². The molecule has 3 rings (SSSR count). The lowest BCUT2D eigenvalue weighted by atomic mass is 9.83. The molecule has 0 aromatic rings. The number of carbonyl (C=O) groups is 1. The zero-order valence-corrected chi connectivity index (χ0v) is 12.2. The van der Waals surface area contributed by atoms with Crippen molar-refractivity contribution in [1.82, 2.24) is 9.80 Å². The lowest BCUT2D eigenvalue weighted by Crippen LogP contribution is -2.48. The van der Waals surface area contributed by atoms with Crippen LogP contribution in [0.5, 0.6) is 0 Å². The Bertz CT molecular complexity index is 344. The number of nitrogens with zero attached hydrogens (tertiary/aromatic N) is 2. The number of morpholine rings is 1. The normalized spacial score (nSPS) is 37.1. The number of carboxylic acids is 1. The van der Waals surface area contributed by atoms with Crippen LogP contribution in [0.25, 0.3) is 0 Å². The first-order valence-corrected chi connectivity index (χ1v) is 8.04.